The third-order valence-corrected chi connectivity index (χ3v) is 4.40. The van der Waals surface area contributed by atoms with E-state index in [1.165, 1.54) is 24.8 Å². The molecule has 22 heavy (non-hydrogen) atoms. The lowest BCUT2D eigenvalue weighted by Gasteiger charge is -2.38. The molecule has 0 nitrogen and oxygen atoms in total. The third-order valence-electron chi connectivity index (χ3n) is 4.40. The molecule has 0 aliphatic carbocycles. The Morgan fingerprint density at radius 2 is 1.18 bits per heavy atom. The number of benzene rings is 1. The van der Waals surface area contributed by atoms with Gasteiger partial charge in [-0.1, -0.05) is 87.8 Å². The predicted octanol–water partition coefficient (Wildman–Crippen LogP) is 6.92. The summed E-state index contributed by atoms with van der Waals surface area (Å²) in [6, 6.07) is 4.81. The Hall–Kier alpha value is -0.780. The van der Waals surface area contributed by atoms with Gasteiger partial charge in [0.05, 0.1) is 0 Å². The standard InChI is InChI=1S/C22H38/c1-11-12-13-16-14-15-17(20(2,3)4)19(22(8,9)10)18(16)21(5,6)7/h14-15H,11-13H2,1-10H3. The highest BCUT2D eigenvalue weighted by Gasteiger charge is 2.33. The Labute approximate surface area is 139 Å². The summed E-state index contributed by atoms with van der Waals surface area (Å²) in [5, 5.41) is 0. The van der Waals surface area contributed by atoms with Crippen LogP contribution >= 0.6 is 0 Å². The molecular weight excluding hydrogens is 264 g/mol. The third kappa shape index (κ3) is 4.37. The fraction of sp³-hybridized carbons (Fsp3) is 0.727. The highest BCUT2D eigenvalue weighted by Crippen LogP contribution is 2.42. The molecule has 1 rings (SSSR count). The van der Waals surface area contributed by atoms with Crippen LogP contribution in [-0.2, 0) is 22.7 Å². The highest BCUT2D eigenvalue weighted by molar-refractivity contribution is 5.51. The quantitative estimate of drug-likeness (QED) is 0.568. The number of hydrogen-bond acceptors (Lipinski definition) is 0. The van der Waals surface area contributed by atoms with Gasteiger partial charge < -0.3 is 0 Å². The molecule has 0 aliphatic rings. The van der Waals surface area contributed by atoms with Gasteiger partial charge >= 0.3 is 0 Å². The van der Waals surface area contributed by atoms with E-state index < -0.39 is 0 Å². The lowest BCUT2D eigenvalue weighted by Crippen LogP contribution is -2.29. The minimum atomic E-state index is 0.174. The molecule has 0 N–H and O–H groups in total. The maximum atomic E-state index is 2.41. The first-order valence-corrected chi connectivity index (χ1v) is 8.97. The minimum absolute atomic E-state index is 0.174. The fourth-order valence-electron chi connectivity index (χ4n) is 3.48. The molecule has 0 bridgehead atoms. The summed E-state index contributed by atoms with van der Waals surface area (Å²) in [7, 11) is 0. The summed E-state index contributed by atoms with van der Waals surface area (Å²) in [5.74, 6) is 0. The zero-order valence-corrected chi connectivity index (χ0v) is 16.8. The van der Waals surface area contributed by atoms with Crippen LogP contribution in [0.5, 0.6) is 0 Å². The van der Waals surface area contributed by atoms with Crippen molar-refractivity contribution in [2.24, 2.45) is 0 Å². The van der Waals surface area contributed by atoms with Gasteiger partial charge in [0.1, 0.15) is 0 Å². The summed E-state index contributed by atoms with van der Waals surface area (Å²) in [4.78, 5) is 0. The number of aryl methyl sites for hydroxylation is 1. The SMILES string of the molecule is CCCCc1ccc(C(C)(C)C)c(C(C)(C)C)c1C(C)(C)C. The Kier molecular flexibility index (Phi) is 5.59. The van der Waals surface area contributed by atoms with Crippen molar-refractivity contribution >= 4 is 0 Å². The topological polar surface area (TPSA) is 0 Å². The lowest BCUT2D eigenvalue weighted by molar-refractivity contribution is 0.493. The van der Waals surface area contributed by atoms with Crippen molar-refractivity contribution in [1.82, 2.24) is 0 Å². The van der Waals surface area contributed by atoms with E-state index >= 15 is 0 Å². The molecule has 0 aliphatic heterocycles. The van der Waals surface area contributed by atoms with Crippen molar-refractivity contribution in [3.05, 3.63) is 34.4 Å². The van der Waals surface area contributed by atoms with Crippen LogP contribution in [0.4, 0.5) is 0 Å². The van der Waals surface area contributed by atoms with Crippen LogP contribution in [0, 0.1) is 0 Å². The Bertz CT molecular complexity index is 499. The van der Waals surface area contributed by atoms with E-state index in [1.54, 1.807) is 16.7 Å². The van der Waals surface area contributed by atoms with Gasteiger partial charge in [0.15, 0.2) is 0 Å². The van der Waals surface area contributed by atoms with E-state index in [1.807, 2.05) is 0 Å². The first kappa shape index (κ1) is 19.3. The van der Waals surface area contributed by atoms with Gasteiger partial charge in [0, 0.05) is 0 Å². The van der Waals surface area contributed by atoms with E-state index in [9.17, 15) is 0 Å². The van der Waals surface area contributed by atoms with E-state index in [0.29, 0.717) is 0 Å². The first-order valence-electron chi connectivity index (χ1n) is 8.97. The molecule has 0 spiro atoms. The Morgan fingerprint density at radius 1 is 0.682 bits per heavy atom. The molecule has 0 aromatic heterocycles. The van der Waals surface area contributed by atoms with Gasteiger partial charge in [-0.25, -0.2) is 0 Å². The first-order chi connectivity index (χ1) is 9.80. The van der Waals surface area contributed by atoms with Crippen molar-refractivity contribution in [1.29, 1.82) is 0 Å². The van der Waals surface area contributed by atoms with Gasteiger partial charge in [0.2, 0.25) is 0 Å². The molecule has 126 valence electrons. The monoisotopic (exact) mass is 302 g/mol. The van der Waals surface area contributed by atoms with Crippen LogP contribution in [-0.4, -0.2) is 0 Å². The van der Waals surface area contributed by atoms with Crippen LogP contribution in [0.2, 0.25) is 0 Å². The summed E-state index contributed by atoms with van der Waals surface area (Å²) in [6.45, 7) is 23.5. The van der Waals surface area contributed by atoms with Crippen LogP contribution in [0.15, 0.2) is 12.1 Å². The lowest BCUT2D eigenvalue weighted by atomic mass is 9.67. The average molecular weight is 303 g/mol. The molecule has 1 aromatic rings. The van der Waals surface area contributed by atoms with E-state index in [2.05, 4.69) is 81.4 Å². The molecular formula is C22H38. The maximum Gasteiger partial charge on any atom is -0.0126 e. The zero-order chi connectivity index (χ0) is 17.3. The van der Waals surface area contributed by atoms with Crippen molar-refractivity contribution in [3.8, 4) is 0 Å². The largest absolute Gasteiger partial charge is 0.0654 e. The van der Waals surface area contributed by atoms with Gasteiger partial charge in [-0.2, -0.15) is 0 Å². The molecule has 0 unspecified atom stereocenters. The molecule has 0 fully saturated rings. The van der Waals surface area contributed by atoms with Crippen molar-refractivity contribution in [2.75, 3.05) is 0 Å². The zero-order valence-electron chi connectivity index (χ0n) is 16.8. The van der Waals surface area contributed by atoms with E-state index in [4.69, 9.17) is 0 Å². The molecule has 0 radical (unpaired) electrons. The second kappa shape index (κ2) is 6.38. The van der Waals surface area contributed by atoms with Gasteiger partial charge in [0.25, 0.3) is 0 Å². The summed E-state index contributed by atoms with van der Waals surface area (Å²) >= 11 is 0. The average Bonchev–Trinajstić information content (AvgIpc) is 2.31. The molecule has 0 heterocycles. The van der Waals surface area contributed by atoms with Crippen molar-refractivity contribution in [2.45, 2.75) is 105 Å². The second-order valence-corrected chi connectivity index (χ2v) is 9.88. The number of hydrogen-bond donors (Lipinski definition) is 0. The van der Waals surface area contributed by atoms with Crippen molar-refractivity contribution in [3.63, 3.8) is 0 Å². The summed E-state index contributed by atoms with van der Waals surface area (Å²) in [5.41, 5.74) is 6.81. The molecule has 1 aromatic carbocycles. The second-order valence-electron chi connectivity index (χ2n) is 9.88. The molecule has 0 heteroatoms. The normalized spacial score (nSPS) is 13.5. The number of unbranched alkanes of at least 4 members (excludes halogenated alkanes) is 1. The minimum Gasteiger partial charge on any atom is -0.0654 e. The van der Waals surface area contributed by atoms with Crippen LogP contribution in [0.3, 0.4) is 0 Å². The van der Waals surface area contributed by atoms with Gasteiger partial charge in [-0.05, 0) is 51.3 Å². The molecule has 0 amide bonds. The Morgan fingerprint density at radius 3 is 1.55 bits per heavy atom. The fourth-order valence-corrected chi connectivity index (χ4v) is 3.48. The van der Waals surface area contributed by atoms with Crippen LogP contribution in [0.1, 0.15) is 104 Å². The predicted molar refractivity (Wildman–Crippen MR) is 101 cm³/mol. The molecule has 0 atom stereocenters. The van der Waals surface area contributed by atoms with Crippen LogP contribution < -0.4 is 0 Å². The molecule has 0 saturated heterocycles. The highest BCUT2D eigenvalue weighted by atomic mass is 14.4. The number of rotatable bonds is 3. The van der Waals surface area contributed by atoms with Gasteiger partial charge in [-0.15, -0.1) is 0 Å². The maximum absolute atomic E-state index is 2.41. The Balaban J connectivity index is 3.76. The van der Waals surface area contributed by atoms with E-state index in [-0.39, 0.29) is 16.2 Å². The smallest absolute Gasteiger partial charge is 0.0126 e. The van der Waals surface area contributed by atoms with Crippen LogP contribution in [0.25, 0.3) is 0 Å². The van der Waals surface area contributed by atoms with Gasteiger partial charge in [-0.3, -0.25) is 0 Å². The van der Waals surface area contributed by atoms with Crippen molar-refractivity contribution < 1.29 is 0 Å². The summed E-state index contributed by atoms with van der Waals surface area (Å²) < 4.78 is 0. The summed E-state index contributed by atoms with van der Waals surface area (Å²) in [6.07, 6.45) is 3.74. The van der Waals surface area contributed by atoms with E-state index in [0.717, 1.165) is 0 Å². The molecule has 0 saturated carbocycles.